The van der Waals surface area contributed by atoms with Crippen LogP contribution in [0.5, 0.6) is 0 Å². The Morgan fingerprint density at radius 3 is 2.26 bits per heavy atom. The average Bonchev–Trinajstić information content (AvgIpc) is 3.00. The Bertz CT molecular complexity index is 386. The highest BCUT2D eigenvalue weighted by molar-refractivity contribution is 5.97. The van der Waals surface area contributed by atoms with Gasteiger partial charge in [-0.15, -0.1) is 0 Å². The van der Waals surface area contributed by atoms with Crippen molar-refractivity contribution in [3.05, 3.63) is 0 Å². The Morgan fingerprint density at radius 1 is 1.26 bits per heavy atom. The summed E-state index contributed by atoms with van der Waals surface area (Å²) >= 11 is 0. The van der Waals surface area contributed by atoms with Crippen LogP contribution in [0.2, 0.25) is 0 Å². The summed E-state index contributed by atoms with van der Waals surface area (Å²) in [4.78, 5) is 27.0. The number of carbonyl (C=O) groups is 2. The first kappa shape index (κ1) is 14.4. The molecule has 2 rings (SSSR count). The van der Waals surface area contributed by atoms with Crippen LogP contribution in [0.3, 0.4) is 0 Å². The fraction of sp³-hybridized carbons (Fsp3) is 0.867. The Balaban J connectivity index is 2.26. The first-order valence-electron chi connectivity index (χ1n) is 7.40. The van der Waals surface area contributed by atoms with E-state index in [0.717, 1.165) is 19.3 Å². The van der Waals surface area contributed by atoms with Gasteiger partial charge in [0.1, 0.15) is 12.1 Å². The van der Waals surface area contributed by atoms with Gasteiger partial charge in [0.2, 0.25) is 11.8 Å². The lowest BCUT2D eigenvalue weighted by Gasteiger charge is -2.44. The Kier molecular flexibility index (Phi) is 3.63. The lowest BCUT2D eigenvalue weighted by molar-refractivity contribution is -0.155. The van der Waals surface area contributed by atoms with Crippen molar-refractivity contribution in [3.8, 4) is 0 Å². The molecule has 2 aliphatic rings. The van der Waals surface area contributed by atoms with Gasteiger partial charge in [0.05, 0.1) is 0 Å². The molecule has 1 aliphatic heterocycles. The molecule has 1 N–H and O–H groups in total. The van der Waals surface area contributed by atoms with Crippen LogP contribution < -0.4 is 5.32 Å². The number of hydrogen-bond donors (Lipinski definition) is 1. The van der Waals surface area contributed by atoms with Crippen molar-refractivity contribution in [2.24, 2.45) is 11.8 Å². The number of carbonyl (C=O) groups excluding carboxylic acids is 2. The second kappa shape index (κ2) is 4.80. The lowest BCUT2D eigenvalue weighted by Crippen LogP contribution is -2.67. The van der Waals surface area contributed by atoms with E-state index in [2.05, 4.69) is 26.1 Å². The third-order valence-corrected chi connectivity index (χ3v) is 4.29. The molecule has 1 saturated carbocycles. The van der Waals surface area contributed by atoms with E-state index in [9.17, 15) is 9.59 Å². The van der Waals surface area contributed by atoms with Gasteiger partial charge >= 0.3 is 0 Å². The summed E-state index contributed by atoms with van der Waals surface area (Å²) in [6, 6.07) is -0.636. The SMILES string of the molecule is CC(C)CC1NC(=O)C(C(C)C)N(C2(C)CC2)C1=O. The summed E-state index contributed by atoms with van der Waals surface area (Å²) in [5.74, 6) is 0.695. The second-order valence-electron chi connectivity index (χ2n) is 7.08. The molecule has 1 saturated heterocycles. The highest BCUT2D eigenvalue weighted by Crippen LogP contribution is 2.44. The number of hydrogen-bond acceptors (Lipinski definition) is 2. The van der Waals surface area contributed by atoms with Crippen LogP contribution in [0.15, 0.2) is 0 Å². The molecule has 2 amide bonds. The number of nitrogens with zero attached hydrogens (tertiary/aromatic N) is 1. The van der Waals surface area contributed by atoms with Crippen LogP contribution in [0.25, 0.3) is 0 Å². The highest BCUT2D eigenvalue weighted by Gasteiger charge is 2.54. The van der Waals surface area contributed by atoms with Crippen molar-refractivity contribution >= 4 is 11.8 Å². The number of piperazine rings is 1. The summed E-state index contributed by atoms with van der Waals surface area (Å²) in [6.45, 7) is 10.3. The molecule has 2 atom stereocenters. The quantitative estimate of drug-likeness (QED) is 0.845. The largest absolute Gasteiger partial charge is 0.342 e. The minimum atomic E-state index is -0.333. The summed E-state index contributed by atoms with van der Waals surface area (Å²) in [7, 11) is 0. The maximum atomic E-state index is 12.7. The molecule has 19 heavy (non-hydrogen) atoms. The fourth-order valence-corrected chi connectivity index (χ4v) is 3.00. The van der Waals surface area contributed by atoms with Crippen molar-refractivity contribution in [2.75, 3.05) is 0 Å². The van der Waals surface area contributed by atoms with Gasteiger partial charge in [0, 0.05) is 5.54 Å². The Hall–Kier alpha value is -1.06. The molecule has 2 fully saturated rings. The van der Waals surface area contributed by atoms with E-state index in [1.54, 1.807) is 0 Å². The van der Waals surface area contributed by atoms with E-state index in [-0.39, 0.29) is 35.4 Å². The first-order chi connectivity index (χ1) is 8.76. The van der Waals surface area contributed by atoms with Crippen LogP contribution in [0.1, 0.15) is 53.9 Å². The van der Waals surface area contributed by atoms with Crippen molar-refractivity contribution in [2.45, 2.75) is 71.5 Å². The van der Waals surface area contributed by atoms with Gasteiger partial charge in [-0.05, 0) is 38.0 Å². The van der Waals surface area contributed by atoms with Gasteiger partial charge < -0.3 is 10.2 Å². The second-order valence-corrected chi connectivity index (χ2v) is 7.08. The van der Waals surface area contributed by atoms with Crippen LogP contribution in [0.4, 0.5) is 0 Å². The summed E-state index contributed by atoms with van der Waals surface area (Å²) < 4.78 is 0. The zero-order chi connectivity index (χ0) is 14.4. The van der Waals surface area contributed by atoms with Crippen LogP contribution in [0, 0.1) is 11.8 Å². The Labute approximate surface area is 115 Å². The van der Waals surface area contributed by atoms with Crippen LogP contribution in [-0.2, 0) is 9.59 Å². The zero-order valence-electron chi connectivity index (χ0n) is 12.7. The van der Waals surface area contributed by atoms with E-state index in [1.165, 1.54) is 0 Å². The van der Waals surface area contributed by atoms with Crippen molar-refractivity contribution in [1.82, 2.24) is 10.2 Å². The van der Waals surface area contributed by atoms with Crippen molar-refractivity contribution < 1.29 is 9.59 Å². The van der Waals surface area contributed by atoms with E-state index < -0.39 is 0 Å². The van der Waals surface area contributed by atoms with Gasteiger partial charge in [-0.3, -0.25) is 9.59 Å². The molecule has 0 aromatic rings. The zero-order valence-corrected chi connectivity index (χ0v) is 12.7. The normalized spacial score (nSPS) is 29.9. The minimum absolute atomic E-state index is 0.0216. The van der Waals surface area contributed by atoms with Gasteiger partial charge in [-0.25, -0.2) is 0 Å². The predicted molar refractivity (Wildman–Crippen MR) is 74.5 cm³/mol. The topological polar surface area (TPSA) is 49.4 Å². The summed E-state index contributed by atoms with van der Waals surface area (Å²) in [5, 5.41) is 2.93. The van der Waals surface area contributed by atoms with Gasteiger partial charge in [0.25, 0.3) is 0 Å². The molecule has 2 unspecified atom stereocenters. The molecule has 0 aromatic heterocycles. The van der Waals surface area contributed by atoms with Crippen molar-refractivity contribution in [3.63, 3.8) is 0 Å². The fourth-order valence-electron chi connectivity index (χ4n) is 3.00. The first-order valence-corrected chi connectivity index (χ1v) is 7.40. The van der Waals surface area contributed by atoms with Gasteiger partial charge in [0.15, 0.2) is 0 Å². The molecule has 0 bridgehead atoms. The molecule has 108 valence electrons. The molecule has 0 radical (unpaired) electrons. The molecule has 0 aromatic carbocycles. The molecular formula is C15H26N2O2. The predicted octanol–water partition coefficient (Wildman–Crippen LogP) is 1.94. The van der Waals surface area contributed by atoms with Crippen molar-refractivity contribution in [1.29, 1.82) is 0 Å². The van der Waals surface area contributed by atoms with E-state index in [0.29, 0.717) is 5.92 Å². The molecule has 1 aliphatic carbocycles. The van der Waals surface area contributed by atoms with E-state index in [4.69, 9.17) is 0 Å². The summed E-state index contributed by atoms with van der Waals surface area (Å²) in [6.07, 6.45) is 2.76. The number of amides is 2. The smallest absolute Gasteiger partial charge is 0.246 e. The molecule has 4 nitrogen and oxygen atoms in total. The summed E-state index contributed by atoms with van der Waals surface area (Å²) in [5.41, 5.74) is -0.0843. The van der Waals surface area contributed by atoms with E-state index >= 15 is 0 Å². The lowest BCUT2D eigenvalue weighted by atomic mass is 9.92. The third-order valence-electron chi connectivity index (χ3n) is 4.29. The molecule has 0 spiro atoms. The number of nitrogens with one attached hydrogen (secondary N) is 1. The minimum Gasteiger partial charge on any atom is -0.342 e. The molecular weight excluding hydrogens is 240 g/mol. The van der Waals surface area contributed by atoms with Gasteiger partial charge in [-0.1, -0.05) is 27.7 Å². The maximum Gasteiger partial charge on any atom is 0.246 e. The van der Waals surface area contributed by atoms with Gasteiger partial charge in [-0.2, -0.15) is 0 Å². The average molecular weight is 266 g/mol. The molecule has 4 heteroatoms. The Morgan fingerprint density at radius 2 is 1.84 bits per heavy atom. The van der Waals surface area contributed by atoms with Crippen LogP contribution in [-0.4, -0.2) is 34.3 Å². The van der Waals surface area contributed by atoms with Crippen LogP contribution >= 0.6 is 0 Å². The standard InChI is InChI=1S/C15H26N2O2/c1-9(2)8-11-14(19)17(15(5)6-7-15)12(10(3)4)13(18)16-11/h9-12H,6-8H2,1-5H3,(H,16,18). The number of rotatable bonds is 4. The monoisotopic (exact) mass is 266 g/mol. The highest BCUT2D eigenvalue weighted by atomic mass is 16.2. The maximum absolute atomic E-state index is 12.7. The van der Waals surface area contributed by atoms with E-state index in [1.807, 2.05) is 18.7 Å². The third kappa shape index (κ3) is 2.63. The molecule has 1 heterocycles.